The predicted octanol–water partition coefficient (Wildman–Crippen LogP) is 2.86. The molecule has 172 valence electrons. The molecule has 0 unspecified atom stereocenters. The normalized spacial score (nSPS) is 22.2. The van der Waals surface area contributed by atoms with Crippen LogP contribution < -0.4 is 15.8 Å². The molecular formula is C24H27FN6O2. The van der Waals surface area contributed by atoms with Gasteiger partial charge in [-0.25, -0.2) is 4.98 Å². The zero-order chi connectivity index (χ0) is 23.1. The number of aromatic nitrogens is 4. The largest absolute Gasteiger partial charge is 0.507 e. The highest BCUT2D eigenvalue weighted by molar-refractivity contribution is 5.72. The molecule has 9 heteroatoms. The molecular weight excluding hydrogens is 423 g/mol. The van der Waals surface area contributed by atoms with Crippen molar-refractivity contribution >= 4 is 5.82 Å². The van der Waals surface area contributed by atoms with Crippen molar-refractivity contribution in [1.82, 2.24) is 25.1 Å². The minimum Gasteiger partial charge on any atom is -0.507 e. The van der Waals surface area contributed by atoms with Crippen LogP contribution in [-0.2, 0) is 7.05 Å². The number of nitrogens with zero attached hydrogens (tertiary/aromatic N) is 5. The van der Waals surface area contributed by atoms with Crippen LogP contribution in [0.5, 0.6) is 5.75 Å². The van der Waals surface area contributed by atoms with Gasteiger partial charge >= 0.3 is 0 Å². The van der Waals surface area contributed by atoms with Gasteiger partial charge in [-0.3, -0.25) is 9.36 Å². The van der Waals surface area contributed by atoms with E-state index in [2.05, 4.69) is 25.4 Å². The van der Waals surface area contributed by atoms with Crippen LogP contribution in [0.3, 0.4) is 0 Å². The number of benzene rings is 1. The summed E-state index contributed by atoms with van der Waals surface area (Å²) in [6.07, 6.45) is 7.60. The van der Waals surface area contributed by atoms with Crippen LogP contribution in [-0.4, -0.2) is 50.0 Å². The number of phenolic OH excluding ortho intramolecular Hbond substituents is 1. The van der Waals surface area contributed by atoms with E-state index in [1.165, 1.54) is 44.5 Å². The summed E-state index contributed by atoms with van der Waals surface area (Å²) in [6, 6.07) is 8.94. The molecule has 0 amide bonds. The molecule has 8 nitrogen and oxygen atoms in total. The molecule has 5 rings (SSSR count). The number of phenols is 1. The molecule has 4 heterocycles. The van der Waals surface area contributed by atoms with Gasteiger partial charge in [-0.1, -0.05) is 12.5 Å². The summed E-state index contributed by atoms with van der Waals surface area (Å²) in [4.78, 5) is 18.5. The molecule has 2 N–H and O–H groups in total. The van der Waals surface area contributed by atoms with E-state index in [0.29, 0.717) is 46.5 Å². The highest BCUT2D eigenvalue weighted by Crippen LogP contribution is 2.32. The number of halogens is 1. The second kappa shape index (κ2) is 8.55. The zero-order valence-corrected chi connectivity index (χ0v) is 18.7. The van der Waals surface area contributed by atoms with Gasteiger partial charge < -0.3 is 15.3 Å². The van der Waals surface area contributed by atoms with E-state index in [1.807, 2.05) is 7.05 Å². The SMILES string of the molecule is CN(c1cnc(-c2ccc(-c3cc(F)n(C)c(=O)c3)cc2O)nn1)[C@@H]1C[C@H]2CCC[C@@H](C1)N2. The Kier molecular flexibility index (Phi) is 5.57. The molecule has 2 saturated heterocycles. The lowest BCUT2D eigenvalue weighted by Gasteiger charge is -2.43. The van der Waals surface area contributed by atoms with Crippen molar-refractivity contribution < 1.29 is 9.50 Å². The van der Waals surface area contributed by atoms with Gasteiger partial charge in [0.05, 0.1) is 11.8 Å². The lowest BCUT2D eigenvalue weighted by molar-refractivity contribution is 0.219. The van der Waals surface area contributed by atoms with E-state index in [-0.39, 0.29) is 5.75 Å². The summed E-state index contributed by atoms with van der Waals surface area (Å²) in [5, 5.41) is 22.9. The van der Waals surface area contributed by atoms with Crippen LogP contribution in [0.25, 0.3) is 22.5 Å². The minimum atomic E-state index is -0.648. The summed E-state index contributed by atoms with van der Waals surface area (Å²) in [5.74, 6) is 0.289. The maximum absolute atomic E-state index is 13.9. The van der Waals surface area contributed by atoms with Crippen molar-refractivity contribution in [1.29, 1.82) is 0 Å². The summed E-state index contributed by atoms with van der Waals surface area (Å²) in [7, 11) is 3.40. The van der Waals surface area contributed by atoms with Crippen molar-refractivity contribution in [2.24, 2.45) is 7.05 Å². The molecule has 0 radical (unpaired) electrons. The number of anilines is 1. The third-order valence-electron chi connectivity index (χ3n) is 6.92. The third-order valence-corrected chi connectivity index (χ3v) is 6.92. The molecule has 3 aromatic rings. The van der Waals surface area contributed by atoms with Crippen LogP contribution in [0.4, 0.5) is 10.2 Å². The van der Waals surface area contributed by atoms with Crippen LogP contribution >= 0.6 is 0 Å². The van der Waals surface area contributed by atoms with Crippen molar-refractivity contribution in [2.45, 2.75) is 50.2 Å². The fourth-order valence-electron chi connectivity index (χ4n) is 4.96. The molecule has 1 aromatic carbocycles. The number of pyridine rings is 1. The van der Waals surface area contributed by atoms with Crippen LogP contribution in [0, 0.1) is 5.95 Å². The zero-order valence-electron chi connectivity index (χ0n) is 18.7. The number of aromatic hydroxyl groups is 1. The average Bonchev–Trinajstić information content (AvgIpc) is 2.81. The number of piperidine rings is 2. The van der Waals surface area contributed by atoms with Gasteiger partial charge in [0.25, 0.3) is 5.56 Å². The van der Waals surface area contributed by atoms with Gasteiger partial charge in [-0.2, -0.15) is 4.39 Å². The fourth-order valence-corrected chi connectivity index (χ4v) is 4.96. The van der Waals surface area contributed by atoms with Gasteiger partial charge in [-0.15, -0.1) is 10.2 Å². The Hall–Kier alpha value is -3.33. The van der Waals surface area contributed by atoms with Gasteiger partial charge in [0.1, 0.15) is 5.75 Å². The molecule has 2 bridgehead atoms. The molecule has 2 aliphatic rings. The lowest BCUT2D eigenvalue weighted by atomic mass is 9.83. The maximum atomic E-state index is 13.9. The van der Waals surface area contributed by atoms with Gasteiger partial charge in [0, 0.05) is 38.3 Å². The highest BCUT2D eigenvalue weighted by atomic mass is 19.1. The van der Waals surface area contributed by atoms with Crippen LogP contribution in [0.2, 0.25) is 0 Å². The van der Waals surface area contributed by atoms with E-state index >= 15 is 0 Å². The van der Waals surface area contributed by atoms with E-state index in [4.69, 9.17) is 0 Å². The molecule has 2 fully saturated rings. The second-order valence-electron chi connectivity index (χ2n) is 9.06. The highest BCUT2D eigenvalue weighted by Gasteiger charge is 2.33. The number of fused-ring (bicyclic) bond motifs is 2. The third kappa shape index (κ3) is 4.20. The summed E-state index contributed by atoms with van der Waals surface area (Å²) in [5.41, 5.74) is 0.869. The monoisotopic (exact) mass is 450 g/mol. The quantitative estimate of drug-likeness (QED) is 0.590. The van der Waals surface area contributed by atoms with Crippen LogP contribution in [0.15, 0.2) is 41.3 Å². The Balaban J connectivity index is 1.35. The molecule has 2 aliphatic heterocycles. The second-order valence-corrected chi connectivity index (χ2v) is 9.06. The Labute approximate surface area is 191 Å². The van der Waals surface area contributed by atoms with Crippen molar-refractivity contribution in [3.8, 4) is 28.3 Å². The number of nitrogens with one attached hydrogen (secondary N) is 1. The van der Waals surface area contributed by atoms with Crippen molar-refractivity contribution in [3.05, 3.63) is 52.8 Å². The van der Waals surface area contributed by atoms with Gasteiger partial charge in [0.15, 0.2) is 17.6 Å². The first-order valence-corrected chi connectivity index (χ1v) is 11.3. The smallest absolute Gasteiger partial charge is 0.253 e. The molecule has 2 aromatic heterocycles. The Bertz CT molecular complexity index is 1220. The summed E-state index contributed by atoms with van der Waals surface area (Å²) < 4.78 is 14.9. The first-order chi connectivity index (χ1) is 15.9. The first-order valence-electron chi connectivity index (χ1n) is 11.3. The first kappa shape index (κ1) is 21.5. The topological polar surface area (TPSA) is 96.2 Å². The Morgan fingerprint density at radius 2 is 1.88 bits per heavy atom. The summed E-state index contributed by atoms with van der Waals surface area (Å²) in [6.45, 7) is 0. The standard InChI is InChI=1S/C24H27FN6O2/c1-30(18-11-16-4-3-5-17(12-18)27-16)22-13-26-24(29-28-22)19-7-6-14(8-20(19)32)15-9-21(25)31(2)23(33)10-15/h6-10,13,16-18,27,32H,3-5,11-12H2,1-2H3/t16-,17+,18-. The molecule has 0 aliphatic carbocycles. The lowest BCUT2D eigenvalue weighted by Crippen LogP contribution is -2.54. The molecule has 0 saturated carbocycles. The number of hydrogen-bond acceptors (Lipinski definition) is 7. The van der Waals surface area contributed by atoms with Crippen molar-refractivity contribution in [2.75, 3.05) is 11.9 Å². The van der Waals surface area contributed by atoms with E-state index in [1.54, 1.807) is 18.3 Å². The Morgan fingerprint density at radius 1 is 1.12 bits per heavy atom. The minimum absolute atomic E-state index is 0.0670. The number of hydrogen-bond donors (Lipinski definition) is 2. The molecule has 3 atom stereocenters. The molecule has 0 spiro atoms. The maximum Gasteiger partial charge on any atom is 0.253 e. The van der Waals surface area contributed by atoms with E-state index in [9.17, 15) is 14.3 Å². The van der Waals surface area contributed by atoms with Crippen molar-refractivity contribution in [3.63, 3.8) is 0 Å². The summed E-state index contributed by atoms with van der Waals surface area (Å²) >= 11 is 0. The molecule has 33 heavy (non-hydrogen) atoms. The van der Waals surface area contributed by atoms with E-state index in [0.717, 1.165) is 17.4 Å². The average molecular weight is 451 g/mol. The van der Waals surface area contributed by atoms with Gasteiger partial charge in [0.2, 0.25) is 0 Å². The van der Waals surface area contributed by atoms with Crippen LogP contribution in [0.1, 0.15) is 32.1 Å². The van der Waals surface area contributed by atoms with Gasteiger partial charge in [-0.05, 0) is 55.0 Å². The number of rotatable bonds is 4. The fraction of sp³-hybridized carbons (Fsp3) is 0.417. The van der Waals surface area contributed by atoms with E-state index < -0.39 is 11.5 Å². The Morgan fingerprint density at radius 3 is 2.52 bits per heavy atom. The predicted molar refractivity (Wildman–Crippen MR) is 124 cm³/mol.